The molecule has 0 atom stereocenters. The van der Waals surface area contributed by atoms with Crippen molar-refractivity contribution in [2.75, 3.05) is 0 Å². The van der Waals surface area contributed by atoms with Crippen molar-refractivity contribution in [3.8, 4) is 17.1 Å². The molecule has 0 unspecified atom stereocenters. The largest absolute Gasteiger partial charge is 0.416 e. The molecular formula is C27H29F3N6O. The van der Waals surface area contributed by atoms with Crippen LogP contribution < -0.4 is 0 Å². The summed E-state index contributed by atoms with van der Waals surface area (Å²) in [6.45, 7) is 7.96. The Hall–Kier alpha value is -3.53. The monoisotopic (exact) mass is 510 g/mol. The second-order valence-corrected chi connectivity index (χ2v) is 10.3. The second kappa shape index (κ2) is 9.09. The number of nitrogens with zero attached hydrogens (tertiary/aromatic N) is 6. The highest BCUT2D eigenvalue weighted by molar-refractivity contribution is 5.64. The van der Waals surface area contributed by atoms with Crippen molar-refractivity contribution in [1.82, 2.24) is 29.5 Å². The molecule has 0 aliphatic heterocycles. The number of hydrogen-bond donors (Lipinski definition) is 1. The van der Waals surface area contributed by atoms with E-state index in [9.17, 15) is 18.3 Å². The molecular weight excluding hydrogens is 481 g/mol. The van der Waals surface area contributed by atoms with Gasteiger partial charge in [-0.3, -0.25) is 4.68 Å². The van der Waals surface area contributed by atoms with Crippen LogP contribution in [0.5, 0.6) is 0 Å². The third-order valence-electron chi connectivity index (χ3n) is 6.67. The molecule has 1 fully saturated rings. The standard InChI is InChI=1S/C27H29F3N6O/c1-16-11-23(26(3,4)37)36(33-16)24-13-21(31-15-32-24)12-22-17(2)25(34-35(22)14-18-5-6-18)19-7-9-20(10-8-19)27(28,29)30/h7-11,13,15,18,37H,5-6,12,14H2,1-4H3. The van der Waals surface area contributed by atoms with Crippen LogP contribution in [0.2, 0.25) is 0 Å². The van der Waals surface area contributed by atoms with Gasteiger partial charge in [0.1, 0.15) is 11.9 Å². The highest BCUT2D eigenvalue weighted by Crippen LogP contribution is 2.35. The Labute approximate surface area is 213 Å². The van der Waals surface area contributed by atoms with Gasteiger partial charge < -0.3 is 5.11 Å². The van der Waals surface area contributed by atoms with Crippen molar-refractivity contribution in [3.63, 3.8) is 0 Å². The average Bonchev–Trinajstić information content (AvgIpc) is 3.48. The van der Waals surface area contributed by atoms with E-state index in [1.165, 1.54) is 18.5 Å². The van der Waals surface area contributed by atoms with Crippen LogP contribution in [0.15, 0.2) is 42.7 Å². The molecule has 4 aromatic rings. The van der Waals surface area contributed by atoms with E-state index in [2.05, 4.69) is 15.1 Å². The van der Waals surface area contributed by atoms with E-state index in [4.69, 9.17) is 5.10 Å². The smallest absolute Gasteiger partial charge is 0.384 e. The number of rotatable bonds is 7. The van der Waals surface area contributed by atoms with Crippen molar-refractivity contribution >= 4 is 0 Å². The third kappa shape index (κ3) is 5.29. The van der Waals surface area contributed by atoms with Crippen LogP contribution in [0.1, 0.15) is 60.6 Å². The Kier molecular flexibility index (Phi) is 6.18. The van der Waals surface area contributed by atoms with Crippen LogP contribution in [0.3, 0.4) is 0 Å². The van der Waals surface area contributed by atoms with Crippen LogP contribution in [-0.4, -0.2) is 34.6 Å². The molecule has 1 aliphatic rings. The maximum absolute atomic E-state index is 13.1. The molecule has 3 aromatic heterocycles. The molecule has 1 aliphatic carbocycles. The van der Waals surface area contributed by atoms with Crippen molar-refractivity contribution < 1.29 is 18.3 Å². The Morgan fingerprint density at radius 1 is 1.00 bits per heavy atom. The van der Waals surface area contributed by atoms with E-state index in [1.807, 2.05) is 30.7 Å². The molecule has 7 nitrogen and oxygen atoms in total. The Balaban J connectivity index is 1.50. The topological polar surface area (TPSA) is 81.6 Å². The van der Waals surface area contributed by atoms with Crippen LogP contribution in [0.4, 0.5) is 13.2 Å². The maximum atomic E-state index is 13.1. The fourth-order valence-corrected chi connectivity index (χ4v) is 4.48. The van der Waals surface area contributed by atoms with E-state index in [-0.39, 0.29) is 0 Å². The normalized spacial score (nSPS) is 14.4. The van der Waals surface area contributed by atoms with E-state index >= 15 is 0 Å². The molecule has 0 bridgehead atoms. The van der Waals surface area contributed by atoms with Gasteiger partial charge in [0.2, 0.25) is 0 Å². The lowest BCUT2D eigenvalue weighted by atomic mass is 10.0. The number of aromatic nitrogens is 6. The third-order valence-corrected chi connectivity index (χ3v) is 6.67. The second-order valence-electron chi connectivity index (χ2n) is 10.3. The first-order valence-electron chi connectivity index (χ1n) is 12.2. The summed E-state index contributed by atoms with van der Waals surface area (Å²) in [6.07, 6.45) is -0.148. The Bertz CT molecular complexity index is 1430. The molecule has 3 heterocycles. The van der Waals surface area contributed by atoms with E-state index in [0.29, 0.717) is 35.1 Å². The molecule has 37 heavy (non-hydrogen) atoms. The first-order valence-corrected chi connectivity index (χ1v) is 12.2. The minimum absolute atomic E-state index is 0.472. The molecule has 0 saturated heterocycles. The molecule has 1 N–H and O–H groups in total. The van der Waals surface area contributed by atoms with E-state index in [0.717, 1.165) is 54.2 Å². The van der Waals surface area contributed by atoms with Gasteiger partial charge in [0, 0.05) is 30.3 Å². The zero-order chi connectivity index (χ0) is 26.5. The molecule has 5 rings (SSSR count). The summed E-state index contributed by atoms with van der Waals surface area (Å²) >= 11 is 0. The van der Waals surface area contributed by atoms with Gasteiger partial charge in [-0.25, -0.2) is 14.6 Å². The summed E-state index contributed by atoms with van der Waals surface area (Å²) in [7, 11) is 0. The minimum atomic E-state index is -4.38. The number of halogens is 3. The lowest BCUT2D eigenvalue weighted by molar-refractivity contribution is -0.137. The highest BCUT2D eigenvalue weighted by atomic mass is 19.4. The summed E-state index contributed by atoms with van der Waals surface area (Å²) < 4.78 is 42.8. The highest BCUT2D eigenvalue weighted by Gasteiger charge is 2.31. The molecule has 0 amide bonds. The Morgan fingerprint density at radius 2 is 1.70 bits per heavy atom. The van der Waals surface area contributed by atoms with Crippen molar-refractivity contribution in [1.29, 1.82) is 0 Å². The summed E-state index contributed by atoms with van der Waals surface area (Å²) in [5.74, 6) is 1.10. The first-order chi connectivity index (χ1) is 17.4. The van der Waals surface area contributed by atoms with Gasteiger partial charge in [-0.05, 0) is 70.2 Å². The molecule has 10 heteroatoms. The van der Waals surface area contributed by atoms with E-state index < -0.39 is 17.3 Å². The fourth-order valence-electron chi connectivity index (χ4n) is 4.48. The summed E-state index contributed by atoms with van der Waals surface area (Å²) in [5.41, 5.74) is 3.53. The zero-order valence-electron chi connectivity index (χ0n) is 21.2. The van der Waals surface area contributed by atoms with Crippen molar-refractivity contribution in [2.45, 2.75) is 65.3 Å². The van der Waals surface area contributed by atoms with Gasteiger partial charge in [0.05, 0.1) is 28.3 Å². The molecule has 1 aromatic carbocycles. The van der Waals surface area contributed by atoms with Crippen molar-refractivity contribution in [3.05, 3.63) is 76.6 Å². The molecule has 0 spiro atoms. The van der Waals surface area contributed by atoms with Crippen LogP contribution in [-0.2, 0) is 24.7 Å². The molecule has 0 radical (unpaired) electrons. The van der Waals surface area contributed by atoms with Crippen LogP contribution in [0.25, 0.3) is 17.1 Å². The number of benzene rings is 1. The summed E-state index contributed by atoms with van der Waals surface area (Å²) in [6, 6.07) is 8.81. The summed E-state index contributed by atoms with van der Waals surface area (Å²) in [4.78, 5) is 8.86. The maximum Gasteiger partial charge on any atom is 0.416 e. The van der Waals surface area contributed by atoms with Gasteiger partial charge in [-0.1, -0.05) is 12.1 Å². The predicted octanol–water partition coefficient (Wildman–Crippen LogP) is 5.39. The molecule has 194 valence electrons. The minimum Gasteiger partial charge on any atom is -0.384 e. The number of aryl methyl sites for hydroxylation is 1. The zero-order valence-corrected chi connectivity index (χ0v) is 21.2. The van der Waals surface area contributed by atoms with E-state index in [1.54, 1.807) is 18.5 Å². The SMILES string of the molecule is Cc1cc(C(C)(C)O)n(-c2cc(Cc3c(C)c(-c4ccc(C(F)(F)F)cc4)nn3CC3CC3)ncn2)n1. The van der Waals surface area contributed by atoms with Crippen LogP contribution >= 0.6 is 0 Å². The van der Waals surface area contributed by atoms with Gasteiger partial charge >= 0.3 is 6.18 Å². The lowest BCUT2D eigenvalue weighted by Crippen LogP contribution is -2.21. The van der Waals surface area contributed by atoms with Crippen molar-refractivity contribution in [2.24, 2.45) is 5.92 Å². The van der Waals surface area contributed by atoms with Crippen LogP contribution in [0, 0.1) is 19.8 Å². The number of hydrogen-bond acceptors (Lipinski definition) is 5. The number of alkyl halides is 3. The summed E-state index contributed by atoms with van der Waals surface area (Å²) in [5, 5.41) is 19.9. The first kappa shape index (κ1) is 25.1. The fraction of sp³-hybridized carbons (Fsp3) is 0.407. The average molecular weight is 511 g/mol. The Morgan fingerprint density at radius 3 is 2.32 bits per heavy atom. The van der Waals surface area contributed by atoms with Gasteiger partial charge in [-0.15, -0.1) is 0 Å². The lowest BCUT2D eigenvalue weighted by Gasteiger charge is -2.18. The van der Waals surface area contributed by atoms with Gasteiger partial charge in [0.15, 0.2) is 5.82 Å². The van der Waals surface area contributed by atoms with Gasteiger partial charge in [-0.2, -0.15) is 23.4 Å². The predicted molar refractivity (Wildman–Crippen MR) is 132 cm³/mol. The number of aliphatic hydroxyl groups is 1. The quantitative estimate of drug-likeness (QED) is 0.361. The van der Waals surface area contributed by atoms with Gasteiger partial charge in [0.25, 0.3) is 0 Å². The molecule has 1 saturated carbocycles.